The molecule has 0 radical (unpaired) electrons. The van der Waals surface area contributed by atoms with Crippen LogP contribution in [0.3, 0.4) is 0 Å². The number of benzene rings is 2. The van der Waals surface area contributed by atoms with Crippen molar-refractivity contribution >= 4 is 33.2 Å². The number of halogens is 1. The second-order valence-corrected chi connectivity index (χ2v) is 19.4. The molecule has 0 aromatic heterocycles. The third-order valence-corrected chi connectivity index (χ3v) is 15.6. The zero-order valence-electron chi connectivity index (χ0n) is 32.3. The van der Waals surface area contributed by atoms with Gasteiger partial charge in [0.05, 0.1) is 17.5 Å². The maximum atomic E-state index is 13.7. The number of rotatable bonds is 5. The zero-order valence-corrected chi connectivity index (χ0v) is 33.9. The molecule has 5 aliphatic rings. The zero-order chi connectivity index (χ0) is 37.5. The predicted molar refractivity (Wildman–Crippen MR) is 213 cm³/mol. The molecule has 9 nitrogen and oxygen atoms in total. The van der Waals surface area contributed by atoms with Crippen LogP contribution in [0, 0.1) is 17.8 Å². The summed E-state index contributed by atoms with van der Waals surface area (Å²) in [4.78, 5) is 21.1. The van der Waals surface area contributed by atoms with E-state index >= 15 is 0 Å². The summed E-state index contributed by atoms with van der Waals surface area (Å²) in [6.45, 7) is 11.3. The molecule has 2 aliphatic carbocycles. The van der Waals surface area contributed by atoms with Crippen LogP contribution in [0.25, 0.3) is 0 Å². The predicted octanol–water partition coefficient (Wildman–Crippen LogP) is 6.68. The highest BCUT2D eigenvalue weighted by Crippen LogP contribution is 2.49. The van der Waals surface area contributed by atoms with E-state index in [1.807, 2.05) is 25.1 Å². The molecule has 1 saturated heterocycles. The van der Waals surface area contributed by atoms with Gasteiger partial charge in [0.15, 0.2) is 0 Å². The molecule has 6 atom stereocenters. The fourth-order valence-corrected chi connectivity index (χ4v) is 11.4. The van der Waals surface area contributed by atoms with Crippen LogP contribution < -0.4 is 14.4 Å². The third-order valence-electron chi connectivity index (χ3n) is 13.4. The number of carbonyl (C=O) groups is 1. The molecule has 1 amide bonds. The Hall–Kier alpha value is -2.63. The van der Waals surface area contributed by atoms with Gasteiger partial charge in [-0.2, -0.15) is 0 Å². The number of fused-ring (bicyclic) bond motifs is 4. The van der Waals surface area contributed by atoms with Crippen LogP contribution in [0.15, 0.2) is 48.6 Å². The Labute approximate surface area is 322 Å². The van der Waals surface area contributed by atoms with E-state index < -0.39 is 26.8 Å². The first kappa shape index (κ1) is 38.6. The Morgan fingerprint density at radius 2 is 1.87 bits per heavy atom. The Bertz CT molecular complexity index is 1800. The van der Waals surface area contributed by atoms with Gasteiger partial charge in [-0.15, -0.1) is 0 Å². The largest absolute Gasteiger partial charge is 0.490 e. The summed E-state index contributed by atoms with van der Waals surface area (Å²) in [7, 11) is 0.408. The Morgan fingerprint density at radius 3 is 2.58 bits per heavy atom. The van der Waals surface area contributed by atoms with Crippen molar-refractivity contribution in [2.45, 2.75) is 94.4 Å². The fraction of sp³-hybridized carbons (Fsp3) is 0.643. The smallest absolute Gasteiger partial charge is 0.264 e. The molecular weight excluding hydrogens is 708 g/mol. The molecule has 53 heavy (non-hydrogen) atoms. The maximum absolute atomic E-state index is 13.7. The van der Waals surface area contributed by atoms with Crippen molar-refractivity contribution in [3.05, 3.63) is 70.3 Å². The number of sulfonamides is 1. The van der Waals surface area contributed by atoms with Crippen LogP contribution in [0.4, 0.5) is 5.69 Å². The molecule has 0 unspecified atom stereocenters. The number of aryl methyl sites for hydroxylation is 1. The number of ether oxygens (including phenoxy) is 2. The Balaban J connectivity index is 1.30. The minimum absolute atomic E-state index is 0.211. The quantitative estimate of drug-likeness (QED) is 0.337. The SMILES string of the molecule is CCO[C@@]1(CN2CCC(N(C)C)CC2)/C=C/C[C@H](C)[C@@H](C)S(=O)(=O)NC(=O)c2ccc3c(c2)N(C[C@@H]2CC[C@H]21)C[C@@]1(CCCc2cc(Cl)ccc21)CO3. The molecule has 1 spiro atoms. The van der Waals surface area contributed by atoms with Crippen molar-refractivity contribution in [2.75, 3.05) is 64.9 Å². The number of allylic oxidation sites excluding steroid dienone is 1. The summed E-state index contributed by atoms with van der Waals surface area (Å²) < 4.78 is 43.4. The number of amides is 1. The van der Waals surface area contributed by atoms with Crippen LogP contribution in [-0.2, 0) is 26.6 Å². The summed E-state index contributed by atoms with van der Waals surface area (Å²) >= 11 is 6.51. The third kappa shape index (κ3) is 7.77. The van der Waals surface area contributed by atoms with E-state index in [-0.39, 0.29) is 17.3 Å². The van der Waals surface area contributed by atoms with Crippen LogP contribution in [0.1, 0.15) is 87.2 Å². The molecule has 3 aliphatic heterocycles. The topological polar surface area (TPSA) is 91.4 Å². The molecule has 2 aromatic rings. The van der Waals surface area contributed by atoms with E-state index in [1.54, 1.807) is 13.0 Å². The van der Waals surface area contributed by atoms with E-state index in [4.69, 9.17) is 21.1 Å². The highest BCUT2D eigenvalue weighted by atomic mass is 35.5. The first-order valence-corrected chi connectivity index (χ1v) is 21.8. The minimum Gasteiger partial charge on any atom is -0.490 e. The summed E-state index contributed by atoms with van der Waals surface area (Å²) in [5.74, 6) is 0.533. The lowest BCUT2D eigenvalue weighted by molar-refractivity contribution is -0.112. The molecule has 2 fully saturated rings. The van der Waals surface area contributed by atoms with Crippen molar-refractivity contribution in [3.8, 4) is 5.75 Å². The Kier molecular flexibility index (Phi) is 11.3. The normalized spacial score (nSPS) is 32.9. The highest BCUT2D eigenvalue weighted by Gasteiger charge is 2.50. The number of anilines is 1. The number of carbonyl (C=O) groups excluding carboxylic acids is 1. The highest BCUT2D eigenvalue weighted by molar-refractivity contribution is 7.90. The second kappa shape index (κ2) is 15.5. The summed E-state index contributed by atoms with van der Waals surface area (Å²) in [5.41, 5.74) is 2.96. The summed E-state index contributed by atoms with van der Waals surface area (Å²) in [6.07, 6.45) is 12.5. The van der Waals surface area contributed by atoms with Crippen LogP contribution in [0.5, 0.6) is 5.75 Å². The molecular formula is C42H59ClN4O5S. The van der Waals surface area contributed by atoms with Crippen molar-refractivity contribution in [2.24, 2.45) is 17.8 Å². The van der Waals surface area contributed by atoms with Crippen molar-refractivity contribution in [1.29, 1.82) is 0 Å². The van der Waals surface area contributed by atoms with Gasteiger partial charge in [0.1, 0.15) is 11.4 Å². The number of hydrogen-bond donors (Lipinski definition) is 1. The molecule has 11 heteroatoms. The lowest BCUT2D eigenvalue weighted by Crippen LogP contribution is -2.58. The van der Waals surface area contributed by atoms with E-state index in [0.29, 0.717) is 37.2 Å². The minimum atomic E-state index is -3.95. The summed E-state index contributed by atoms with van der Waals surface area (Å²) in [5, 5.41) is -0.0195. The van der Waals surface area contributed by atoms with E-state index in [1.165, 1.54) is 11.1 Å². The van der Waals surface area contributed by atoms with Gasteiger partial charge in [0, 0.05) is 48.3 Å². The number of piperidine rings is 1. The van der Waals surface area contributed by atoms with Gasteiger partial charge in [-0.25, -0.2) is 13.1 Å². The van der Waals surface area contributed by atoms with Crippen molar-refractivity contribution in [1.82, 2.24) is 14.5 Å². The lowest BCUT2D eigenvalue weighted by atomic mass is 9.63. The molecule has 3 heterocycles. The molecule has 1 saturated carbocycles. The fourth-order valence-electron chi connectivity index (χ4n) is 9.94. The number of nitrogens with one attached hydrogen (secondary N) is 1. The maximum Gasteiger partial charge on any atom is 0.264 e. The van der Waals surface area contributed by atoms with Gasteiger partial charge in [0.25, 0.3) is 5.91 Å². The van der Waals surface area contributed by atoms with Gasteiger partial charge < -0.3 is 24.2 Å². The molecule has 2 bridgehead atoms. The van der Waals surface area contributed by atoms with Crippen LogP contribution in [0.2, 0.25) is 5.02 Å². The average Bonchev–Trinajstić information content (AvgIpc) is 3.26. The van der Waals surface area contributed by atoms with Gasteiger partial charge in [-0.3, -0.25) is 4.79 Å². The van der Waals surface area contributed by atoms with Gasteiger partial charge in [0.2, 0.25) is 10.0 Å². The Morgan fingerprint density at radius 1 is 1.08 bits per heavy atom. The van der Waals surface area contributed by atoms with Gasteiger partial charge >= 0.3 is 0 Å². The average molecular weight is 767 g/mol. The second-order valence-electron chi connectivity index (χ2n) is 16.9. The monoisotopic (exact) mass is 766 g/mol. The first-order valence-electron chi connectivity index (χ1n) is 19.9. The van der Waals surface area contributed by atoms with E-state index in [9.17, 15) is 13.2 Å². The van der Waals surface area contributed by atoms with Crippen LogP contribution in [-0.4, -0.2) is 101 Å². The summed E-state index contributed by atoms with van der Waals surface area (Å²) in [6, 6.07) is 12.3. The molecule has 2 aromatic carbocycles. The standard InChI is InChI=1S/C42H59ClN4O5S/c1-6-52-42(27-46-21-17-35(18-22-46)45(4)5)20-7-9-29(2)30(3)53(49,50)44-40(48)32-12-16-39-38(24-32)47(25-33-11-14-37(33)42)26-41(28-51-39)19-8-10-31-23-34(43)13-15-36(31)41/h7,12-13,15-16,20,23-24,29-30,33,35,37H,6,8-11,14,17-19,21-22,25-28H2,1-5H3,(H,44,48)/b20-7+/t29-,30+,33-,37+,41-,42+/m0/s1. The van der Waals surface area contributed by atoms with Crippen LogP contribution >= 0.6 is 11.6 Å². The molecule has 290 valence electrons. The number of likely N-dealkylation sites (tertiary alicyclic amines) is 1. The van der Waals surface area contributed by atoms with Gasteiger partial charge in [-0.05, 0) is 152 Å². The number of hydrogen-bond acceptors (Lipinski definition) is 8. The van der Waals surface area contributed by atoms with E-state index in [2.05, 4.69) is 64.7 Å². The van der Waals surface area contributed by atoms with E-state index in [0.717, 1.165) is 94.1 Å². The van der Waals surface area contributed by atoms with Gasteiger partial charge in [-0.1, -0.05) is 36.7 Å². The van der Waals surface area contributed by atoms with Crippen molar-refractivity contribution < 1.29 is 22.7 Å². The molecule has 7 rings (SSSR count). The lowest BCUT2D eigenvalue weighted by Gasteiger charge is -2.52. The first-order chi connectivity index (χ1) is 25.3. The van der Waals surface area contributed by atoms with Crippen molar-refractivity contribution in [3.63, 3.8) is 0 Å². The molecule has 1 N–H and O–H groups in total. The number of nitrogens with zero attached hydrogens (tertiary/aromatic N) is 3.